The summed E-state index contributed by atoms with van der Waals surface area (Å²) in [7, 11) is 0. The fraction of sp³-hybridized carbons (Fsp3) is 0.615. The molecule has 2 bridgehead atoms. The lowest BCUT2D eigenvalue weighted by atomic mass is 10.1. The van der Waals surface area contributed by atoms with Crippen LogP contribution < -0.4 is 4.90 Å². The van der Waals surface area contributed by atoms with Gasteiger partial charge in [0.1, 0.15) is 11.6 Å². The van der Waals surface area contributed by atoms with E-state index in [2.05, 4.69) is 21.2 Å². The minimum absolute atomic E-state index is 0.290. The maximum Gasteiger partial charge on any atom is 0.169 e. The Hall–Kier alpha value is -1.67. The van der Waals surface area contributed by atoms with Gasteiger partial charge < -0.3 is 9.64 Å². The summed E-state index contributed by atoms with van der Waals surface area (Å²) < 4.78 is 5.80. The number of hydrogen-bond donors (Lipinski definition) is 0. The highest BCUT2D eigenvalue weighted by Gasteiger charge is 2.35. The third-order valence-electron chi connectivity index (χ3n) is 3.89. The van der Waals surface area contributed by atoms with E-state index in [1.165, 1.54) is 0 Å². The van der Waals surface area contributed by atoms with Crippen LogP contribution in [-0.4, -0.2) is 35.5 Å². The first-order valence-electron chi connectivity index (χ1n) is 6.33. The van der Waals surface area contributed by atoms with Crippen molar-refractivity contribution in [2.45, 2.75) is 38.9 Å². The molecular formula is C13H16N4O. The number of hydrogen-bond acceptors (Lipinski definition) is 5. The monoisotopic (exact) mass is 244 g/mol. The zero-order chi connectivity index (χ0) is 12.7. The number of nitriles is 1. The second-order valence-electron chi connectivity index (χ2n) is 5.08. The Balaban J connectivity index is 1.97. The Morgan fingerprint density at radius 1 is 1.22 bits per heavy atom. The minimum atomic E-state index is 0.290. The molecule has 2 unspecified atom stereocenters. The molecule has 3 rings (SSSR count). The molecule has 18 heavy (non-hydrogen) atoms. The predicted molar refractivity (Wildman–Crippen MR) is 66.3 cm³/mol. The second kappa shape index (κ2) is 4.21. The van der Waals surface area contributed by atoms with Gasteiger partial charge in [-0.2, -0.15) is 10.4 Å². The van der Waals surface area contributed by atoms with E-state index in [9.17, 15) is 5.26 Å². The third-order valence-corrected chi connectivity index (χ3v) is 3.89. The van der Waals surface area contributed by atoms with E-state index in [0.717, 1.165) is 43.0 Å². The van der Waals surface area contributed by atoms with Crippen LogP contribution in [0.2, 0.25) is 0 Å². The topological polar surface area (TPSA) is 62.0 Å². The molecule has 0 amide bonds. The number of fused-ring (bicyclic) bond motifs is 2. The van der Waals surface area contributed by atoms with Gasteiger partial charge in [0, 0.05) is 13.1 Å². The van der Waals surface area contributed by atoms with E-state index in [1.807, 2.05) is 13.8 Å². The van der Waals surface area contributed by atoms with Crippen LogP contribution in [0, 0.1) is 25.2 Å². The standard InChI is InChI=1S/C13H16N4O/c1-8-9(2)15-16-13(12(8)5-14)17-6-10-3-4-11(7-17)18-10/h10-11H,3-4,6-7H2,1-2H3. The number of aryl methyl sites for hydroxylation is 1. The molecule has 2 aliphatic heterocycles. The van der Waals surface area contributed by atoms with Crippen LogP contribution in [-0.2, 0) is 4.74 Å². The largest absolute Gasteiger partial charge is 0.371 e. The van der Waals surface area contributed by atoms with Crippen LogP contribution in [0.25, 0.3) is 0 Å². The van der Waals surface area contributed by atoms with Gasteiger partial charge in [-0.1, -0.05) is 0 Å². The molecule has 0 radical (unpaired) electrons. The first-order valence-corrected chi connectivity index (χ1v) is 6.33. The fourth-order valence-electron chi connectivity index (χ4n) is 2.74. The van der Waals surface area contributed by atoms with Crippen molar-refractivity contribution < 1.29 is 4.74 Å². The molecule has 0 saturated carbocycles. The van der Waals surface area contributed by atoms with Crippen molar-refractivity contribution in [1.29, 1.82) is 5.26 Å². The lowest BCUT2D eigenvalue weighted by Crippen LogP contribution is -2.43. The van der Waals surface area contributed by atoms with E-state index in [0.29, 0.717) is 17.8 Å². The van der Waals surface area contributed by atoms with Crippen LogP contribution >= 0.6 is 0 Å². The Morgan fingerprint density at radius 3 is 2.50 bits per heavy atom. The van der Waals surface area contributed by atoms with Crippen molar-refractivity contribution in [2.75, 3.05) is 18.0 Å². The highest BCUT2D eigenvalue weighted by atomic mass is 16.5. The molecule has 94 valence electrons. The fourth-order valence-corrected chi connectivity index (χ4v) is 2.74. The van der Waals surface area contributed by atoms with Gasteiger partial charge in [-0.25, -0.2) is 0 Å². The average molecular weight is 244 g/mol. The number of ether oxygens (including phenoxy) is 1. The highest BCUT2D eigenvalue weighted by Crippen LogP contribution is 2.30. The van der Waals surface area contributed by atoms with E-state index in [-0.39, 0.29) is 0 Å². The smallest absolute Gasteiger partial charge is 0.169 e. The maximum atomic E-state index is 9.33. The number of anilines is 1. The molecule has 0 N–H and O–H groups in total. The molecule has 2 atom stereocenters. The van der Waals surface area contributed by atoms with Crippen LogP contribution in [0.1, 0.15) is 29.7 Å². The van der Waals surface area contributed by atoms with Crippen LogP contribution in [0.4, 0.5) is 5.82 Å². The lowest BCUT2D eigenvalue weighted by Gasteiger charge is -2.33. The summed E-state index contributed by atoms with van der Waals surface area (Å²) in [5, 5.41) is 17.7. The van der Waals surface area contributed by atoms with Crippen LogP contribution in [0.5, 0.6) is 0 Å². The second-order valence-corrected chi connectivity index (χ2v) is 5.08. The molecule has 1 aromatic rings. The van der Waals surface area contributed by atoms with E-state index < -0.39 is 0 Å². The maximum absolute atomic E-state index is 9.33. The molecule has 0 aliphatic carbocycles. The van der Waals surface area contributed by atoms with Gasteiger partial charge in [0.2, 0.25) is 0 Å². The molecule has 5 nitrogen and oxygen atoms in total. The van der Waals surface area contributed by atoms with Gasteiger partial charge in [0.05, 0.1) is 17.9 Å². The zero-order valence-electron chi connectivity index (χ0n) is 10.7. The molecule has 1 aromatic heterocycles. The van der Waals surface area contributed by atoms with Crippen molar-refractivity contribution in [1.82, 2.24) is 10.2 Å². The molecule has 5 heteroatoms. The van der Waals surface area contributed by atoms with Crippen molar-refractivity contribution in [3.05, 3.63) is 16.8 Å². The van der Waals surface area contributed by atoms with Gasteiger partial charge in [0.15, 0.2) is 5.82 Å². The molecule has 3 heterocycles. The summed E-state index contributed by atoms with van der Waals surface area (Å²) >= 11 is 0. The first kappa shape index (κ1) is 11.4. The minimum Gasteiger partial charge on any atom is -0.371 e. The summed E-state index contributed by atoms with van der Waals surface area (Å²) in [6, 6.07) is 2.27. The summed E-state index contributed by atoms with van der Waals surface area (Å²) in [5.74, 6) is 0.723. The Labute approximate surface area is 106 Å². The first-order chi connectivity index (χ1) is 8.69. The van der Waals surface area contributed by atoms with Crippen molar-refractivity contribution in [3.63, 3.8) is 0 Å². The number of aromatic nitrogens is 2. The predicted octanol–water partition coefficient (Wildman–Crippen LogP) is 1.33. The molecule has 0 aromatic carbocycles. The summed E-state index contributed by atoms with van der Waals surface area (Å²) in [5.41, 5.74) is 2.41. The summed E-state index contributed by atoms with van der Waals surface area (Å²) in [6.45, 7) is 5.46. The van der Waals surface area contributed by atoms with E-state index in [1.54, 1.807) is 0 Å². The highest BCUT2D eigenvalue weighted by molar-refractivity contribution is 5.58. The van der Waals surface area contributed by atoms with Gasteiger partial charge in [0.25, 0.3) is 0 Å². The molecular weight excluding hydrogens is 228 g/mol. The molecule has 0 spiro atoms. The lowest BCUT2D eigenvalue weighted by molar-refractivity contribution is 0.0301. The van der Waals surface area contributed by atoms with Gasteiger partial charge >= 0.3 is 0 Å². The summed E-state index contributed by atoms with van der Waals surface area (Å²) in [4.78, 5) is 2.16. The third kappa shape index (κ3) is 1.73. The average Bonchev–Trinajstić information content (AvgIpc) is 2.71. The Bertz CT molecular complexity index is 510. The quantitative estimate of drug-likeness (QED) is 0.746. The zero-order valence-corrected chi connectivity index (χ0v) is 10.7. The van der Waals surface area contributed by atoms with E-state index in [4.69, 9.17) is 4.74 Å². The number of rotatable bonds is 1. The van der Waals surface area contributed by atoms with Gasteiger partial charge in [-0.05, 0) is 32.3 Å². The number of nitrogens with zero attached hydrogens (tertiary/aromatic N) is 4. The van der Waals surface area contributed by atoms with Crippen molar-refractivity contribution in [2.24, 2.45) is 0 Å². The molecule has 2 aliphatic rings. The van der Waals surface area contributed by atoms with Crippen molar-refractivity contribution in [3.8, 4) is 6.07 Å². The molecule has 2 saturated heterocycles. The summed E-state index contributed by atoms with van der Waals surface area (Å²) in [6.07, 6.45) is 2.81. The van der Waals surface area contributed by atoms with Gasteiger partial charge in [-0.3, -0.25) is 0 Å². The van der Waals surface area contributed by atoms with Gasteiger partial charge in [-0.15, -0.1) is 5.10 Å². The van der Waals surface area contributed by atoms with Crippen LogP contribution in [0.15, 0.2) is 0 Å². The Morgan fingerprint density at radius 2 is 1.89 bits per heavy atom. The van der Waals surface area contributed by atoms with Crippen LogP contribution in [0.3, 0.4) is 0 Å². The normalized spacial score (nSPS) is 26.2. The molecule has 2 fully saturated rings. The Kier molecular flexibility index (Phi) is 2.67. The van der Waals surface area contributed by atoms with Crippen molar-refractivity contribution >= 4 is 5.82 Å². The number of morpholine rings is 1. The SMILES string of the molecule is Cc1nnc(N2CC3CCC(C2)O3)c(C#N)c1C. The van der Waals surface area contributed by atoms with E-state index >= 15 is 0 Å².